The predicted octanol–water partition coefficient (Wildman–Crippen LogP) is 1.21. The van der Waals surface area contributed by atoms with E-state index in [2.05, 4.69) is 29.0 Å². The van der Waals surface area contributed by atoms with Gasteiger partial charge in [0, 0.05) is 7.05 Å². The average Bonchev–Trinajstić information content (AvgIpc) is 2.96. The van der Waals surface area contributed by atoms with E-state index in [9.17, 15) is 4.89 Å². The zero-order chi connectivity index (χ0) is 17.6. The lowest BCUT2D eigenvalue weighted by Gasteiger charge is -2.34. The standard InChI is InChI=1S/C12H24N5O3PS2/c1-8(11(14)15-2)12(16-3)17(7-13)10-5-4-9(20-10)6-19-21(18,22)23/h7-10,12-13H,3-6H2,1-2H3,(H2,14,15)(H2,18,22,23)/t8?,9-,10+,12?/m0/s1. The summed E-state index contributed by atoms with van der Waals surface area (Å²) in [7, 11) is 1.61. The summed E-state index contributed by atoms with van der Waals surface area (Å²) in [5, 5.41) is 7.67. The lowest BCUT2D eigenvalue weighted by atomic mass is 10.1. The van der Waals surface area contributed by atoms with Crippen LogP contribution in [0, 0.1) is 11.3 Å². The quantitative estimate of drug-likeness (QED) is 0.206. The fourth-order valence-electron chi connectivity index (χ4n) is 2.41. The van der Waals surface area contributed by atoms with E-state index in [1.54, 1.807) is 11.9 Å². The van der Waals surface area contributed by atoms with E-state index < -0.39 is 11.9 Å². The number of aliphatic imine (C=N–C) groups is 2. The van der Waals surface area contributed by atoms with Crippen LogP contribution in [0.15, 0.2) is 9.98 Å². The van der Waals surface area contributed by atoms with Crippen LogP contribution in [0.3, 0.4) is 0 Å². The Hall–Kier alpha value is -0.510. The van der Waals surface area contributed by atoms with Crippen molar-refractivity contribution in [1.82, 2.24) is 4.90 Å². The van der Waals surface area contributed by atoms with Crippen LogP contribution in [0.4, 0.5) is 0 Å². The molecule has 1 heterocycles. The van der Waals surface area contributed by atoms with Crippen LogP contribution in [0.2, 0.25) is 0 Å². The van der Waals surface area contributed by atoms with Gasteiger partial charge in [-0.15, -0.1) is 0 Å². The van der Waals surface area contributed by atoms with E-state index in [4.69, 9.17) is 32.2 Å². The molecule has 1 aliphatic heterocycles. The molecule has 23 heavy (non-hydrogen) atoms. The fourth-order valence-corrected chi connectivity index (χ4v) is 3.15. The highest BCUT2D eigenvalue weighted by molar-refractivity contribution is 8.59. The molecule has 1 fully saturated rings. The Morgan fingerprint density at radius 3 is 2.87 bits per heavy atom. The summed E-state index contributed by atoms with van der Waals surface area (Å²) in [6.07, 6.45) is 1.55. The van der Waals surface area contributed by atoms with Crippen LogP contribution >= 0.6 is 17.9 Å². The molecule has 0 bridgehead atoms. The first kappa shape index (κ1) is 20.5. The normalized spacial score (nSPS) is 27.0. The fraction of sp³-hybridized carbons (Fsp3) is 0.750. The van der Waals surface area contributed by atoms with E-state index >= 15 is 0 Å². The van der Waals surface area contributed by atoms with Gasteiger partial charge in [-0.3, -0.25) is 15.4 Å². The Labute approximate surface area is 147 Å². The maximum absolute atomic E-state index is 9.40. The lowest BCUT2D eigenvalue weighted by molar-refractivity contribution is -0.0507. The molecule has 3 unspecified atom stereocenters. The third-order valence-electron chi connectivity index (χ3n) is 3.66. The van der Waals surface area contributed by atoms with Crippen LogP contribution in [0.25, 0.3) is 0 Å². The van der Waals surface area contributed by atoms with Crippen molar-refractivity contribution in [3.05, 3.63) is 0 Å². The van der Waals surface area contributed by atoms with E-state index in [0.29, 0.717) is 18.7 Å². The van der Waals surface area contributed by atoms with E-state index in [0.717, 1.165) is 0 Å². The number of hydrogen-bond donors (Lipinski definition) is 4. The second-order valence-electron chi connectivity index (χ2n) is 5.19. The highest BCUT2D eigenvalue weighted by atomic mass is 32.9. The summed E-state index contributed by atoms with van der Waals surface area (Å²) >= 11 is 8.54. The molecule has 0 radical (unpaired) electrons. The van der Waals surface area contributed by atoms with Crippen LogP contribution < -0.4 is 5.73 Å². The van der Waals surface area contributed by atoms with Crippen molar-refractivity contribution < 1.29 is 14.2 Å². The third kappa shape index (κ3) is 6.13. The van der Waals surface area contributed by atoms with Crippen LogP contribution in [0.1, 0.15) is 19.8 Å². The van der Waals surface area contributed by atoms with Crippen molar-refractivity contribution in [3.63, 3.8) is 0 Å². The minimum absolute atomic E-state index is 0.167. The molecule has 1 rings (SSSR count). The molecule has 11 heteroatoms. The van der Waals surface area contributed by atoms with E-state index in [1.165, 1.54) is 6.34 Å². The summed E-state index contributed by atoms with van der Waals surface area (Å²) in [5.41, 5.74) is 2.86. The number of rotatable bonds is 9. The molecular weight excluding hydrogens is 357 g/mol. The Morgan fingerprint density at radius 1 is 1.74 bits per heavy atom. The maximum atomic E-state index is 9.40. The number of hydrogen-bond acceptors (Lipinski definition) is 6. The Balaban J connectivity index is 2.73. The van der Waals surface area contributed by atoms with Gasteiger partial charge in [-0.05, 0) is 31.4 Å². The van der Waals surface area contributed by atoms with Gasteiger partial charge in [0.2, 0.25) is 5.69 Å². The lowest BCUT2D eigenvalue weighted by Crippen LogP contribution is -2.47. The summed E-state index contributed by atoms with van der Waals surface area (Å²) < 4.78 is 11.0. The topological polar surface area (TPSA) is 117 Å². The SMILES string of the molecule is C=NC(C(C)C(N)=NC)N(C=N)[C@H]1CC[C@@H](COP(O)(=S)S)O1. The molecule has 0 aliphatic carbocycles. The largest absolute Gasteiger partial charge is 0.387 e. The van der Waals surface area contributed by atoms with Gasteiger partial charge in [0.15, 0.2) is 0 Å². The number of nitrogens with zero attached hydrogens (tertiary/aromatic N) is 3. The molecule has 132 valence electrons. The summed E-state index contributed by atoms with van der Waals surface area (Å²) in [4.78, 5) is 19.1. The Kier molecular flexibility index (Phi) is 8.12. The van der Waals surface area contributed by atoms with Crippen molar-refractivity contribution >= 4 is 48.6 Å². The number of amidine groups is 1. The first-order valence-corrected chi connectivity index (χ1v) is 10.9. The van der Waals surface area contributed by atoms with Gasteiger partial charge in [0.1, 0.15) is 18.2 Å². The van der Waals surface area contributed by atoms with Gasteiger partial charge in [-0.25, -0.2) is 0 Å². The van der Waals surface area contributed by atoms with Crippen LogP contribution in [-0.2, 0) is 21.1 Å². The van der Waals surface area contributed by atoms with Gasteiger partial charge < -0.3 is 24.8 Å². The zero-order valence-corrected chi connectivity index (χ0v) is 15.8. The predicted molar refractivity (Wildman–Crippen MR) is 100 cm³/mol. The molecule has 0 spiro atoms. The monoisotopic (exact) mass is 381 g/mol. The molecule has 1 aliphatic rings. The molecule has 0 aromatic carbocycles. The molecule has 1 saturated heterocycles. The van der Waals surface area contributed by atoms with Gasteiger partial charge in [-0.1, -0.05) is 19.2 Å². The molecule has 0 amide bonds. The summed E-state index contributed by atoms with van der Waals surface area (Å²) in [6.45, 7) is 5.63. The Morgan fingerprint density at radius 2 is 2.39 bits per heavy atom. The van der Waals surface area contributed by atoms with Crippen molar-refractivity contribution in [3.8, 4) is 0 Å². The molecule has 0 aromatic heterocycles. The maximum Gasteiger partial charge on any atom is 0.241 e. The highest BCUT2D eigenvalue weighted by Crippen LogP contribution is 2.47. The van der Waals surface area contributed by atoms with E-state index in [-0.39, 0.29) is 24.9 Å². The molecule has 8 nitrogen and oxygen atoms in total. The van der Waals surface area contributed by atoms with Crippen molar-refractivity contribution in [2.45, 2.75) is 38.3 Å². The molecule has 0 saturated carbocycles. The number of nitrogens with two attached hydrogens (primary N) is 1. The van der Waals surface area contributed by atoms with Crippen molar-refractivity contribution in [2.24, 2.45) is 21.6 Å². The van der Waals surface area contributed by atoms with Gasteiger partial charge in [0.25, 0.3) is 0 Å². The van der Waals surface area contributed by atoms with Crippen molar-refractivity contribution in [2.75, 3.05) is 13.7 Å². The number of nitrogens with one attached hydrogen (secondary N) is 1. The summed E-state index contributed by atoms with van der Waals surface area (Å²) in [6, 6.07) is 0. The first-order valence-electron chi connectivity index (χ1n) is 7.05. The van der Waals surface area contributed by atoms with Gasteiger partial charge >= 0.3 is 0 Å². The molecule has 4 N–H and O–H groups in total. The Bertz CT molecular complexity index is 501. The minimum atomic E-state index is -3.00. The van der Waals surface area contributed by atoms with Gasteiger partial charge in [0.05, 0.1) is 25.0 Å². The molecular formula is C12H24N5O3PS2. The second-order valence-corrected chi connectivity index (χ2v) is 10.3. The summed E-state index contributed by atoms with van der Waals surface area (Å²) in [5.74, 6) is 0.224. The van der Waals surface area contributed by atoms with Gasteiger partial charge in [-0.2, -0.15) is 0 Å². The molecule has 0 aromatic rings. The first-order chi connectivity index (χ1) is 10.7. The minimum Gasteiger partial charge on any atom is -0.387 e. The smallest absolute Gasteiger partial charge is 0.241 e. The van der Waals surface area contributed by atoms with Crippen LogP contribution in [-0.4, -0.2) is 60.8 Å². The number of thiol groups is 1. The van der Waals surface area contributed by atoms with Crippen LogP contribution in [0.5, 0.6) is 0 Å². The van der Waals surface area contributed by atoms with Crippen molar-refractivity contribution in [1.29, 1.82) is 5.41 Å². The second kappa shape index (κ2) is 9.10. The van der Waals surface area contributed by atoms with E-state index in [1.807, 2.05) is 6.92 Å². The average molecular weight is 381 g/mol. The zero-order valence-electron chi connectivity index (χ0n) is 13.2. The third-order valence-corrected chi connectivity index (χ3v) is 4.81. The highest BCUT2D eigenvalue weighted by Gasteiger charge is 2.35. The molecule has 5 atom stereocenters. The number of ether oxygens (including phenoxy) is 1.